The number of nitrogens with one attached hydrogen (secondary N) is 2. The van der Waals surface area contributed by atoms with Crippen molar-refractivity contribution in [1.29, 1.82) is 5.41 Å². The molecule has 7 heteroatoms. The highest BCUT2D eigenvalue weighted by molar-refractivity contribution is 6.05. The molecule has 2 N–H and O–H groups in total. The van der Waals surface area contributed by atoms with Crippen LogP contribution < -0.4 is 5.32 Å². The number of rotatable bonds is 2. The Morgan fingerprint density at radius 1 is 1.44 bits per heavy atom. The van der Waals surface area contributed by atoms with E-state index in [4.69, 9.17) is 5.41 Å². The van der Waals surface area contributed by atoms with E-state index in [1.807, 2.05) is 0 Å². The minimum atomic E-state index is -0.545. The maximum Gasteiger partial charge on any atom is 0.273 e. The van der Waals surface area contributed by atoms with Crippen LogP contribution in [0, 0.1) is 22.4 Å². The van der Waals surface area contributed by atoms with E-state index in [1.165, 1.54) is 23.1 Å². The molecule has 0 saturated carbocycles. The summed E-state index contributed by atoms with van der Waals surface area (Å²) in [6.45, 7) is 1.60. The first-order valence-electron chi connectivity index (χ1n) is 5.15. The minimum Gasteiger partial charge on any atom is -0.349 e. The number of nitro benzene ring substituents is 1. The average molecular weight is 250 g/mol. The van der Waals surface area contributed by atoms with Crippen LogP contribution in [0.5, 0.6) is 0 Å². The first-order chi connectivity index (χ1) is 8.32. The Morgan fingerprint density at radius 3 is 2.56 bits per heavy atom. The lowest BCUT2D eigenvalue weighted by atomic mass is 10.1. The first kappa shape index (κ1) is 13.6. The van der Waals surface area contributed by atoms with E-state index in [-0.39, 0.29) is 17.2 Å². The largest absolute Gasteiger partial charge is 0.349 e. The van der Waals surface area contributed by atoms with Crippen molar-refractivity contribution >= 4 is 17.6 Å². The zero-order valence-electron chi connectivity index (χ0n) is 10.4. The molecule has 1 aromatic rings. The van der Waals surface area contributed by atoms with Gasteiger partial charge in [-0.15, -0.1) is 0 Å². The third kappa shape index (κ3) is 3.03. The summed E-state index contributed by atoms with van der Waals surface area (Å²) in [4.78, 5) is 23.4. The molecule has 1 rings (SSSR count). The van der Waals surface area contributed by atoms with Gasteiger partial charge in [-0.05, 0) is 13.0 Å². The molecule has 0 fully saturated rings. The number of carbonyl (C=O) groups is 1. The average Bonchev–Trinajstić information content (AvgIpc) is 2.28. The van der Waals surface area contributed by atoms with Crippen LogP contribution in [0.25, 0.3) is 0 Å². The third-order valence-corrected chi connectivity index (χ3v) is 2.35. The lowest BCUT2D eigenvalue weighted by Gasteiger charge is -2.14. The van der Waals surface area contributed by atoms with Gasteiger partial charge in [0.05, 0.1) is 4.92 Å². The van der Waals surface area contributed by atoms with Crippen LogP contribution in [0.3, 0.4) is 0 Å². The molecule has 0 bridgehead atoms. The fraction of sp³-hybridized carbons (Fsp3) is 0.273. The summed E-state index contributed by atoms with van der Waals surface area (Å²) in [7, 11) is 3.22. The third-order valence-electron chi connectivity index (χ3n) is 2.35. The number of nitrogens with zero attached hydrogens (tertiary/aromatic N) is 2. The SMILES string of the molecule is Cc1ccc(C(=O)NC(=N)N(C)C)cc1[N+](=O)[O-]. The second-order valence-corrected chi connectivity index (χ2v) is 3.96. The molecular weight excluding hydrogens is 236 g/mol. The summed E-state index contributed by atoms with van der Waals surface area (Å²) in [6, 6.07) is 4.19. The van der Waals surface area contributed by atoms with Crippen molar-refractivity contribution in [3.63, 3.8) is 0 Å². The molecule has 0 aliphatic heterocycles. The van der Waals surface area contributed by atoms with E-state index in [0.717, 1.165) is 0 Å². The van der Waals surface area contributed by atoms with E-state index < -0.39 is 10.8 Å². The van der Waals surface area contributed by atoms with Crippen molar-refractivity contribution in [2.24, 2.45) is 0 Å². The number of benzene rings is 1. The van der Waals surface area contributed by atoms with E-state index in [1.54, 1.807) is 21.0 Å². The monoisotopic (exact) mass is 250 g/mol. The predicted molar refractivity (Wildman–Crippen MR) is 66.7 cm³/mol. The second-order valence-electron chi connectivity index (χ2n) is 3.96. The van der Waals surface area contributed by atoms with Crippen molar-refractivity contribution in [1.82, 2.24) is 10.2 Å². The molecule has 18 heavy (non-hydrogen) atoms. The molecule has 0 saturated heterocycles. The second kappa shape index (κ2) is 5.26. The number of hydrogen-bond donors (Lipinski definition) is 2. The molecule has 1 amide bonds. The van der Waals surface area contributed by atoms with Gasteiger partial charge in [0, 0.05) is 31.3 Å². The molecule has 0 aromatic heterocycles. The van der Waals surface area contributed by atoms with Crippen molar-refractivity contribution in [2.75, 3.05) is 14.1 Å². The van der Waals surface area contributed by atoms with Crippen molar-refractivity contribution in [2.45, 2.75) is 6.92 Å². The summed E-state index contributed by atoms with van der Waals surface area (Å²) >= 11 is 0. The molecule has 0 aliphatic rings. The predicted octanol–water partition coefficient (Wildman–Crippen LogP) is 1.13. The molecule has 0 heterocycles. The minimum absolute atomic E-state index is 0.0803. The maximum absolute atomic E-state index is 11.7. The van der Waals surface area contributed by atoms with Crippen LogP contribution >= 0.6 is 0 Å². The fourth-order valence-electron chi connectivity index (χ4n) is 1.24. The highest BCUT2D eigenvalue weighted by Gasteiger charge is 2.15. The van der Waals surface area contributed by atoms with Gasteiger partial charge in [-0.2, -0.15) is 0 Å². The Labute approximate surface area is 104 Å². The molecule has 0 aliphatic carbocycles. The standard InChI is InChI=1S/C11H14N4O3/c1-7-4-5-8(6-9(7)15(17)18)10(16)13-11(12)14(2)3/h4-6H,1-3H3,(H2,12,13,16). The summed E-state index contributed by atoms with van der Waals surface area (Å²) < 4.78 is 0. The quantitative estimate of drug-likeness (QED) is 0.355. The van der Waals surface area contributed by atoms with E-state index >= 15 is 0 Å². The molecule has 0 spiro atoms. The highest BCUT2D eigenvalue weighted by atomic mass is 16.6. The molecule has 0 unspecified atom stereocenters. The molecule has 1 aromatic carbocycles. The molecule has 96 valence electrons. The molecule has 0 radical (unpaired) electrons. The van der Waals surface area contributed by atoms with Gasteiger partial charge in [0.15, 0.2) is 5.96 Å². The Hall–Kier alpha value is -2.44. The van der Waals surface area contributed by atoms with Crippen LogP contribution in [0.15, 0.2) is 18.2 Å². The lowest BCUT2D eigenvalue weighted by Crippen LogP contribution is -2.39. The highest BCUT2D eigenvalue weighted by Crippen LogP contribution is 2.19. The van der Waals surface area contributed by atoms with Crippen LogP contribution in [0.1, 0.15) is 15.9 Å². The Kier molecular flexibility index (Phi) is 3.98. The van der Waals surface area contributed by atoms with Crippen LogP contribution in [0.2, 0.25) is 0 Å². The Balaban J connectivity index is 2.97. The van der Waals surface area contributed by atoms with Gasteiger partial charge in [0.2, 0.25) is 0 Å². The number of carbonyl (C=O) groups excluding carboxylic acids is 1. The molecular formula is C11H14N4O3. The van der Waals surface area contributed by atoms with Gasteiger partial charge in [0.25, 0.3) is 11.6 Å². The van der Waals surface area contributed by atoms with Crippen molar-refractivity contribution in [3.8, 4) is 0 Å². The topological polar surface area (TPSA) is 99.3 Å². The van der Waals surface area contributed by atoms with Gasteiger partial charge in [0.1, 0.15) is 0 Å². The van der Waals surface area contributed by atoms with Crippen molar-refractivity contribution < 1.29 is 9.72 Å². The summed E-state index contributed by atoms with van der Waals surface area (Å²) in [5, 5.41) is 20.5. The fourth-order valence-corrected chi connectivity index (χ4v) is 1.24. The summed E-state index contributed by atoms with van der Waals surface area (Å²) in [6.07, 6.45) is 0. The first-order valence-corrected chi connectivity index (χ1v) is 5.15. The van der Waals surface area contributed by atoms with Crippen LogP contribution in [0.4, 0.5) is 5.69 Å². The normalized spacial score (nSPS) is 9.72. The van der Waals surface area contributed by atoms with E-state index in [0.29, 0.717) is 5.56 Å². The van der Waals surface area contributed by atoms with E-state index in [2.05, 4.69) is 5.32 Å². The number of guanidine groups is 1. The molecule has 0 atom stereocenters. The maximum atomic E-state index is 11.7. The zero-order chi connectivity index (χ0) is 13.9. The number of aryl methyl sites for hydroxylation is 1. The smallest absolute Gasteiger partial charge is 0.273 e. The molecule has 7 nitrogen and oxygen atoms in total. The summed E-state index contributed by atoms with van der Waals surface area (Å²) in [5.41, 5.74) is 0.525. The number of hydrogen-bond acceptors (Lipinski definition) is 4. The van der Waals surface area contributed by atoms with Gasteiger partial charge in [-0.1, -0.05) is 6.07 Å². The number of nitro groups is 1. The Morgan fingerprint density at radius 2 is 2.06 bits per heavy atom. The zero-order valence-corrected chi connectivity index (χ0v) is 10.4. The van der Waals surface area contributed by atoms with Crippen LogP contribution in [-0.2, 0) is 0 Å². The Bertz CT molecular complexity index is 511. The van der Waals surface area contributed by atoms with Crippen LogP contribution in [-0.4, -0.2) is 35.8 Å². The summed E-state index contributed by atoms with van der Waals surface area (Å²) in [5.74, 6) is -0.625. The van der Waals surface area contributed by atoms with Crippen molar-refractivity contribution in [3.05, 3.63) is 39.4 Å². The van der Waals surface area contributed by atoms with E-state index in [9.17, 15) is 14.9 Å². The number of amides is 1. The van der Waals surface area contributed by atoms with Gasteiger partial charge < -0.3 is 4.90 Å². The van der Waals surface area contributed by atoms with Gasteiger partial charge in [-0.25, -0.2) is 0 Å². The van der Waals surface area contributed by atoms with Gasteiger partial charge >= 0.3 is 0 Å². The lowest BCUT2D eigenvalue weighted by molar-refractivity contribution is -0.385. The van der Waals surface area contributed by atoms with Gasteiger partial charge in [-0.3, -0.25) is 25.6 Å².